The maximum atomic E-state index is 13.5. The molecule has 0 unspecified atom stereocenters. The highest BCUT2D eigenvalue weighted by molar-refractivity contribution is 5.34. The van der Waals surface area contributed by atoms with E-state index in [2.05, 4.69) is 16.8 Å². The summed E-state index contributed by atoms with van der Waals surface area (Å²) < 4.78 is 19.4. The Balaban J connectivity index is 1.48. The molecule has 0 amide bonds. The fourth-order valence-corrected chi connectivity index (χ4v) is 2.94. The number of piperazine rings is 1. The molecule has 0 spiro atoms. The molecule has 1 saturated carbocycles. The van der Waals surface area contributed by atoms with Gasteiger partial charge in [0.2, 0.25) is 0 Å². The second kappa shape index (κ2) is 7.42. The SMILES string of the molecule is CN1CCN(CCCc2cc(F)ccc2OCC2CC2)CC1. The molecule has 4 heteroatoms. The maximum Gasteiger partial charge on any atom is 0.123 e. The fraction of sp³-hybridized carbons (Fsp3) is 0.667. The molecule has 122 valence electrons. The zero-order chi connectivity index (χ0) is 15.4. The van der Waals surface area contributed by atoms with Crippen molar-refractivity contribution in [2.75, 3.05) is 46.4 Å². The first-order valence-electron chi connectivity index (χ1n) is 8.53. The second-order valence-corrected chi connectivity index (χ2v) is 6.75. The molecule has 1 aromatic carbocycles. The molecule has 0 aromatic heterocycles. The standard InChI is InChI=1S/C18H27FN2O/c1-20-9-11-21(12-10-20)8-2-3-16-13-17(19)6-7-18(16)22-14-15-4-5-15/h6-7,13,15H,2-5,8-12,14H2,1H3. The Morgan fingerprint density at radius 3 is 2.68 bits per heavy atom. The topological polar surface area (TPSA) is 15.7 Å². The van der Waals surface area contributed by atoms with E-state index in [9.17, 15) is 4.39 Å². The Morgan fingerprint density at radius 2 is 1.95 bits per heavy atom. The second-order valence-electron chi connectivity index (χ2n) is 6.75. The number of hydrogen-bond donors (Lipinski definition) is 0. The van der Waals surface area contributed by atoms with Crippen molar-refractivity contribution in [3.05, 3.63) is 29.6 Å². The highest BCUT2D eigenvalue weighted by Crippen LogP contribution is 2.30. The Kier molecular flexibility index (Phi) is 5.32. The lowest BCUT2D eigenvalue weighted by atomic mass is 10.1. The molecule has 22 heavy (non-hydrogen) atoms. The van der Waals surface area contributed by atoms with Gasteiger partial charge in [0.05, 0.1) is 6.61 Å². The van der Waals surface area contributed by atoms with Gasteiger partial charge >= 0.3 is 0 Å². The maximum absolute atomic E-state index is 13.5. The molecule has 1 aliphatic carbocycles. The average Bonchev–Trinajstić information content (AvgIpc) is 3.33. The first kappa shape index (κ1) is 15.8. The largest absolute Gasteiger partial charge is 0.493 e. The van der Waals surface area contributed by atoms with Crippen LogP contribution in [0.2, 0.25) is 0 Å². The van der Waals surface area contributed by atoms with Gasteiger partial charge in [0.15, 0.2) is 0 Å². The summed E-state index contributed by atoms with van der Waals surface area (Å²) in [6.07, 6.45) is 4.51. The van der Waals surface area contributed by atoms with Gasteiger partial charge in [-0.2, -0.15) is 0 Å². The Hall–Kier alpha value is -1.13. The molecule has 2 aliphatic rings. The lowest BCUT2D eigenvalue weighted by Crippen LogP contribution is -2.44. The molecular weight excluding hydrogens is 279 g/mol. The fourth-order valence-electron chi connectivity index (χ4n) is 2.94. The number of halogens is 1. The van der Waals surface area contributed by atoms with Crippen LogP contribution in [-0.2, 0) is 6.42 Å². The van der Waals surface area contributed by atoms with Crippen molar-refractivity contribution < 1.29 is 9.13 Å². The summed E-state index contributed by atoms with van der Waals surface area (Å²) in [4.78, 5) is 4.87. The Morgan fingerprint density at radius 1 is 1.18 bits per heavy atom. The zero-order valence-electron chi connectivity index (χ0n) is 13.6. The molecule has 0 radical (unpaired) electrons. The first-order valence-corrected chi connectivity index (χ1v) is 8.53. The predicted octanol–water partition coefficient (Wildman–Crippen LogP) is 2.79. The minimum atomic E-state index is -0.159. The van der Waals surface area contributed by atoms with E-state index >= 15 is 0 Å². The van der Waals surface area contributed by atoms with Gasteiger partial charge in [-0.05, 0) is 69.0 Å². The van der Waals surface area contributed by atoms with Crippen LogP contribution in [-0.4, -0.2) is 56.2 Å². The zero-order valence-corrected chi connectivity index (χ0v) is 13.6. The van der Waals surface area contributed by atoms with E-state index in [0.717, 1.165) is 69.4 Å². The predicted molar refractivity (Wildman–Crippen MR) is 86.9 cm³/mol. The molecule has 0 bridgehead atoms. The van der Waals surface area contributed by atoms with Crippen molar-refractivity contribution in [1.29, 1.82) is 0 Å². The van der Waals surface area contributed by atoms with Gasteiger partial charge in [-0.3, -0.25) is 0 Å². The van der Waals surface area contributed by atoms with Gasteiger partial charge in [0, 0.05) is 26.2 Å². The van der Waals surface area contributed by atoms with E-state index in [1.165, 1.54) is 18.9 Å². The van der Waals surface area contributed by atoms with Crippen LogP contribution in [0.3, 0.4) is 0 Å². The molecule has 3 nitrogen and oxygen atoms in total. The lowest BCUT2D eigenvalue weighted by molar-refractivity contribution is 0.153. The summed E-state index contributed by atoms with van der Waals surface area (Å²) >= 11 is 0. The third kappa shape index (κ3) is 4.68. The van der Waals surface area contributed by atoms with Gasteiger partial charge in [-0.15, -0.1) is 0 Å². The lowest BCUT2D eigenvalue weighted by Gasteiger charge is -2.32. The van der Waals surface area contributed by atoms with Crippen molar-refractivity contribution >= 4 is 0 Å². The van der Waals surface area contributed by atoms with Crippen LogP contribution in [0.25, 0.3) is 0 Å². The highest BCUT2D eigenvalue weighted by Gasteiger charge is 2.22. The van der Waals surface area contributed by atoms with E-state index in [0.29, 0.717) is 0 Å². The third-order valence-corrected chi connectivity index (χ3v) is 4.71. The highest BCUT2D eigenvalue weighted by atomic mass is 19.1. The Bertz CT molecular complexity index is 482. The van der Waals surface area contributed by atoms with Crippen LogP contribution in [0, 0.1) is 11.7 Å². The van der Waals surface area contributed by atoms with Gasteiger partial charge in [0.25, 0.3) is 0 Å². The summed E-state index contributed by atoms with van der Waals surface area (Å²) in [6, 6.07) is 4.95. The minimum Gasteiger partial charge on any atom is -0.493 e. The number of ether oxygens (including phenoxy) is 1. The van der Waals surface area contributed by atoms with Crippen LogP contribution >= 0.6 is 0 Å². The number of aryl methyl sites for hydroxylation is 1. The van der Waals surface area contributed by atoms with E-state index in [1.54, 1.807) is 12.1 Å². The normalized spacial score (nSPS) is 20.3. The summed E-state index contributed by atoms with van der Waals surface area (Å²) in [7, 11) is 2.17. The van der Waals surface area contributed by atoms with Crippen molar-refractivity contribution in [3.63, 3.8) is 0 Å². The average molecular weight is 306 g/mol. The van der Waals surface area contributed by atoms with Crippen molar-refractivity contribution in [2.45, 2.75) is 25.7 Å². The smallest absolute Gasteiger partial charge is 0.123 e. The molecule has 1 aromatic rings. The summed E-state index contributed by atoms with van der Waals surface area (Å²) in [6.45, 7) is 6.46. The summed E-state index contributed by atoms with van der Waals surface area (Å²) in [5, 5.41) is 0. The van der Waals surface area contributed by atoms with E-state index < -0.39 is 0 Å². The molecule has 3 rings (SSSR count). The monoisotopic (exact) mass is 306 g/mol. The van der Waals surface area contributed by atoms with Gasteiger partial charge in [-0.25, -0.2) is 4.39 Å². The number of likely N-dealkylation sites (N-methyl/N-ethyl adjacent to an activating group) is 1. The third-order valence-electron chi connectivity index (χ3n) is 4.71. The van der Waals surface area contributed by atoms with Gasteiger partial charge < -0.3 is 14.5 Å². The van der Waals surface area contributed by atoms with Crippen LogP contribution in [0.5, 0.6) is 5.75 Å². The molecule has 2 fully saturated rings. The molecule has 0 atom stereocenters. The van der Waals surface area contributed by atoms with E-state index in [1.807, 2.05) is 0 Å². The van der Waals surface area contributed by atoms with Crippen LogP contribution in [0.15, 0.2) is 18.2 Å². The van der Waals surface area contributed by atoms with Crippen LogP contribution < -0.4 is 4.74 Å². The van der Waals surface area contributed by atoms with Crippen LogP contribution in [0.1, 0.15) is 24.8 Å². The molecule has 1 saturated heterocycles. The van der Waals surface area contributed by atoms with Crippen molar-refractivity contribution in [1.82, 2.24) is 9.80 Å². The first-order chi connectivity index (χ1) is 10.7. The molecule has 1 heterocycles. The number of hydrogen-bond acceptors (Lipinski definition) is 3. The summed E-state index contributed by atoms with van der Waals surface area (Å²) in [5.41, 5.74) is 1.02. The minimum absolute atomic E-state index is 0.159. The van der Waals surface area contributed by atoms with Crippen molar-refractivity contribution in [2.24, 2.45) is 5.92 Å². The number of nitrogens with zero attached hydrogens (tertiary/aromatic N) is 2. The van der Waals surface area contributed by atoms with E-state index in [-0.39, 0.29) is 5.82 Å². The van der Waals surface area contributed by atoms with Crippen LogP contribution in [0.4, 0.5) is 4.39 Å². The number of rotatable bonds is 7. The molecule has 1 aliphatic heterocycles. The molecule has 0 N–H and O–H groups in total. The van der Waals surface area contributed by atoms with E-state index in [4.69, 9.17) is 4.74 Å². The quantitative estimate of drug-likeness (QED) is 0.770. The van der Waals surface area contributed by atoms with Gasteiger partial charge in [0.1, 0.15) is 11.6 Å². The number of benzene rings is 1. The van der Waals surface area contributed by atoms with Gasteiger partial charge in [-0.1, -0.05) is 0 Å². The molecular formula is C18H27FN2O. The Labute approximate surface area is 133 Å². The van der Waals surface area contributed by atoms with Crippen molar-refractivity contribution in [3.8, 4) is 5.75 Å². The summed E-state index contributed by atoms with van der Waals surface area (Å²) in [5.74, 6) is 1.45.